The van der Waals surface area contributed by atoms with Gasteiger partial charge in [0, 0.05) is 22.4 Å². The second-order valence-corrected chi connectivity index (χ2v) is 5.96. The minimum absolute atomic E-state index is 0.412. The number of aryl methyl sites for hydroxylation is 1. The minimum atomic E-state index is -0.412. The average Bonchev–Trinajstić information content (AvgIpc) is 2.63. The van der Waals surface area contributed by atoms with Crippen molar-refractivity contribution in [1.29, 1.82) is 0 Å². The third-order valence-electron chi connectivity index (χ3n) is 2.72. The summed E-state index contributed by atoms with van der Waals surface area (Å²) in [7, 11) is 0. The van der Waals surface area contributed by atoms with Crippen molar-refractivity contribution in [2.75, 3.05) is 0 Å². The second-order valence-electron chi connectivity index (χ2n) is 4.46. The fraction of sp³-hybridized carbons (Fsp3) is 0.308. The first kappa shape index (κ1) is 12.6. The van der Waals surface area contributed by atoms with Crippen molar-refractivity contribution >= 4 is 22.9 Å². The van der Waals surface area contributed by atoms with Gasteiger partial charge in [-0.3, -0.25) is 0 Å². The quantitative estimate of drug-likeness (QED) is 0.923. The Kier molecular flexibility index (Phi) is 3.52. The molecule has 2 N–H and O–H groups in total. The smallest absolute Gasteiger partial charge is 0.0897 e. The van der Waals surface area contributed by atoms with Crippen LogP contribution in [0.4, 0.5) is 0 Å². The first-order valence-electron chi connectivity index (χ1n) is 5.43. The molecule has 0 radical (unpaired) electrons. The maximum atomic E-state index is 6.35. The molecule has 4 heteroatoms. The SMILES string of the molecule is Cc1nc(CC(C)(N)c2ccc(Cl)cc2)cs1. The van der Waals surface area contributed by atoms with Crippen molar-refractivity contribution in [3.05, 3.63) is 50.9 Å². The number of hydrogen-bond donors (Lipinski definition) is 1. The predicted octanol–water partition coefficient (Wildman–Crippen LogP) is 3.52. The summed E-state index contributed by atoms with van der Waals surface area (Å²) in [6.45, 7) is 4.02. The van der Waals surface area contributed by atoms with Crippen LogP contribution >= 0.6 is 22.9 Å². The molecule has 1 heterocycles. The molecule has 1 aromatic heterocycles. The van der Waals surface area contributed by atoms with Gasteiger partial charge >= 0.3 is 0 Å². The van der Waals surface area contributed by atoms with Gasteiger partial charge < -0.3 is 5.73 Å². The lowest BCUT2D eigenvalue weighted by Crippen LogP contribution is -2.35. The van der Waals surface area contributed by atoms with Crippen LogP contribution in [0.1, 0.15) is 23.2 Å². The maximum absolute atomic E-state index is 6.35. The lowest BCUT2D eigenvalue weighted by atomic mass is 9.89. The van der Waals surface area contributed by atoms with Crippen molar-refractivity contribution in [2.24, 2.45) is 5.73 Å². The molecule has 0 spiro atoms. The third kappa shape index (κ3) is 3.06. The zero-order valence-electron chi connectivity index (χ0n) is 9.90. The van der Waals surface area contributed by atoms with Crippen LogP contribution in [0, 0.1) is 6.92 Å². The molecule has 1 unspecified atom stereocenters. The number of rotatable bonds is 3. The molecule has 0 amide bonds. The summed E-state index contributed by atoms with van der Waals surface area (Å²) in [6, 6.07) is 7.69. The fourth-order valence-electron chi connectivity index (χ4n) is 1.80. The highest BCUT2D eigenvalue weighted by atomic mass is 35.5. The molecule has 2 nitrogen and oxygen atoms in total. The standard InChI is InChI=1S/C13H15ClN2S/c1-9-16-12(8-17-9)7-13(2,15)10-3-5-11(14)6-4-10/h3-6,8H,7,15H2,1-2H3. The molecule has 0 fully saturated rings. The molecule has 17 heavy (non-hydrogen) atoms. The van der Waals surface area contributed by atoms with Gasteiger partial charge in [-0.2, -0.15) is 0 Å². The Balaban J connectivity index is 2.21. The highest BCUT2D eigenvalue weighted by Gasteiger charge is 2.22. The largest absolute Gasteiger partial charge is 0.321 e. The summed E-state index contributed by atoms with van der Waals surface area (Å²) in [5.41, 5.74) is 8.06. The van der Waals surface area contributed by atoms with Crippen LogP contribution in [-0.2, 0) is 12.0 Å². The molecular formula is C13H15ClN2S. The molecule has 2 aromatic rings. The van der Waals surface area contributed by atoms with Gasteiger partial charge in [0.15, 0.2) is 0 Å². The summed E-state index contributed by atoms with van der Waals surface area (Å²) in [4.78, 5) is 4.45. The lowest BCUT2D eigenvalue weighted by molar-refractivity contribution is 0.486. The number of hydrogen-bond acceptors (Lipinski definition) is 3. The monoisotopic (exact) mass is 266 g/mol. The Morgan fingerprint density at radius 2 is 2.00 bits per heavy atom. The molecule has 2 rings (SSSR count). The minimum Gasteiger partial charge on any atom is -0.321 e. The Hall–Kier alpha value is -0.900. The summed E-state index contributed by atoms with van der Waals surface area (Å²) < 4.78 is 0. The molecule has 0 saturated heterocycles. The summed E-state index contributed by atoms with van der Waals surface area (Å²) in [6.07, 6.45) is 0.735. The summed E-state index contributed by atoms with van der Waals surface area (Å²) >= 11 is 7.53. The maximum Gasteiger partial charge on any atom is 0.0897 e. The molecule has 0 saturated carbocycles. The van der Waals surface area contributed by atoms with E-state index in [0.29, 0.717) is 0 Å². The highest BCUT2D eigenvalue weighted by molar-refractivity contribution is 7.09. The van der Waals surface area contributed by atoms with Crippen LogP contribution in [0.15, 0.2) is 29.6 Å². The van der Waals surface area contributed by atoms with E-state index in [2.05, 4.69) is 10.4 Å². The van der Waals surface area contributed by atoms with E-state index in [1.165, 1.54) is 0 Å². The number of nitrogens with zero attached hydrogens (tertiary/aromatic N) is 1. The number of aromatic nitrogens is 1. The summed E-state index contributed by atoms with van der Waals surface area (Å²) in [5, 5.41) is 3.87. The average molecular weight is 267 g/mol. The van der Waals surface area contributed by atoms with E-state index in [-0.39, 0.29) is 0 Å². The van der Waals surface area contributed by atoms with E-state index in [1.807, 2.05) is 38.1 Å². The normalized spacial score (nSPS) is 14.6. The molecular weight excluding hydrogens is 252 g/mol. The van der Waals surface area contributed by atoms with E-state index in [1.54, 1.807) is 11.3 Å². The fourth-order valence-corrected chi connectivity index (χ4v) is 2.54. The van der Waals surface area contributed by atoms with Gasteiger partial charge in [0.2, 0.25) is 0 Å². The Morgan fingerprint density at radius 3 is 2.53 bits per heavy atom. The van der Waals surface area contributed by atoms with Gasteiger partial charge in [0.25, 0.3) is 0 Å². The van der Waals surface area contributed by atoms with Crippen LogP contribution < -0.4 is 5.73 Å². The van der Waals surface area contributed by atoms with Crippen molar-refractivity contribution in [1.82, 2.24) is 4.98 Å². The van der Waals surface area contributed by atoms with Crippen LogP contribution in [0.2, 0.25) is 5.02 Å². The van der Waals surface area contributed by atoms with Gasteiger partial charge in [-0.05, 0) is 31.5 Å². The first-order chi connectivity index (χ1) is 7.97. The topological polar surface area (TPSA) is 38.9 Å². The highest BCUT2D eigenvalue weighted by Crippen LogP contribution is 2.24. The van der Waals surface area contributed by atoms with Crippen molar-refractivity contribution in [3.63, 3.8) is 0 Å². The Morgan fingerprint density at radius 1 is 1.35 bits per heavy atom. The number of benzene rings is 1. The number of thiazole rings is 1. The van der Waals surface area contributed by atoms with E-state index in [9.17, 15) is 0 Å². The molecule has 0 aliphatic rings. The van der Waals surface area contributed by atoms with E-state index >= 15 is 0 Å². The van der Waals surface area contributed by atoms with Crippen molar-refractivity contribution < 1.29 is 0 Å². The van der Waals surface area contributed by atoms with E-state index < -0.39 is 5.54 Å². The van der Waals surface area contributed by atoms with Crippen LogP contribution in [-0.4, -0.2) is 4.98 Å². The molecule has 0 aliphatic heterocycles. The Labute approximate surface area is 110 Å². The van der Waals surface area contributed by atoms with Crippen molar-refractivity contribution in [3.8, 4) is 0 Å². The Bertz CT molecular complexity index is 502. The second kappa shape index (κ2) is 4.77. The van der Waals surface area contributed by atoms with Gasteiger partial charge in [-0.25, -0.2) is 4.98 Å². The number of nitrogens with two attached hydrogens (primary N) is 1. The third-order valence-corrected chi connectivity index (χ3v) is 3.79. The van der Waals surface area contributed by atoms with Crippen LogP contribution in [0.3, 0.4) is 0 Å². The predicted molar refractivity (Wildman–Crippen MR) is 73.5 cm³/mol. The zero-order chi connectivity index (χ0) is 12.5. The summed E-state index contributed by atoms with van der Waals surface area (Å²) in [5.74, 6) is 0. The molecule has 0 bridgehead atoms. The molecule has 1 aromatic carbocycles. The van der Waals surface area contributed by atoms with Gasteiger partial charge in [0.05, 0.1) is 10.7 Å². The van der Waals surface area contributed by atoms with Gasteiger partial charge in [-0.1, -0.05) is 23.7 Å². The lowest BCUT2D eigenvalue weighted by Gasteiger charge is -2.24. The van der Waals surface area contributed by atoms with Crippen LogP contribution in [0.25, 0.3) is 0 Å². The van der Waals surface area contributed by atoms with Gasteiger partial charge in [0.1, 0.15) is 0 Å². The zero-order valence-corrected chi connectivity index (χ0v) is 11.5. The van der Waals surface area contributed by atoms with Crippen LogP contribution in [0.5, 0.6) is 0 Å². The van der Waals surface area contributed by atoms with E-state index in [4.69, 9.17) is 17.3 Å². The molecule has 1 atom stereocenters. The van der Waals surface area contributed by atoms with Gasteiger partial charge in [-0.15, -0.1) is 11.3 Å². The molecule has 0 aliphatic carbocycles. The van der Waals surface area contributed by atoms with E-state index in [0.717, 1.165) is 27.7 Å². The number of halogens is 1. The molecule has 90 valence electrons. The first-order valence-corrected chi connectivity index (χ1v) is 6.69. The van der Waals surface area contributed by atoms with Crippen molar-refractivity contribution in [2.45, 2.75) is 25.8 Å².